The van der Waals surface area contributed by atoms with Crippen LogP contribution in [0.1, 0.15) is 0 Å². The number of ether oxygens (including phenoxy) is 1. The molecule has 0 bridgehead atoms. The topological polar surface area (TPSA) is 86.0 Å². The molecule has 0 spiro atoms. The molecule has 0 aliphatic rings. The van der Waals surface area contributed by atoms with Crippen molar-refractivity contribution in [3.8, 4) is 5.69 Å². The normalized spacial score (nSPS) is 10.2. The van der Waals surface area contributed by atoms with Crippen LogP contribution >= 0.6 is 12.2 Å². The molecule has 19 heavy (non-hydrogen) atoms. The van der Waals surface area contributed by atoms with Gasteiger partial charge in [0, 0.05) is 7.05 Å². The maximum absolute atomic E-state index is 11.1. The van der Waals surface area contributed by atoms with Crippen molar-refractivity contribution in [1.29, 1.82) is 0 Å². The number of para-hydroxylation sites is 1. The van der Waals surface area contributed by atoms with Crippen LogP contribution in [0.25, 0.3) is 5.69 Å². The van der Waals surface area contributed by atoms with Crippen LogP contribution in [0.4, 0.5) is 4.79 Å². The van der Waals surface area contributed by atoms with Gasteiger partial charge in [0.15, 0.2) is 6.73 Å². The molecule has 0 radical (unpaired) electrons. The molecule has 100 valence electrons. The monoisotopic (exact) mass is 280 g/mol. The van der Waals surface area contributed by atoms with Crippen molar-refractivity contribution in [1.82, 2.24) is 30.6 Å². The second kappa shape index (κ2) is 6.07. The Morgan fingerprint density at radius 1 is 1.37 bits per heavy atom. The number of nitrogens with zero attached hydrogens (tertiary/aromatic N) is 4. The van der Waals surface area contributed by atoms with Gasteiger partial charge >= 0.3 is 6.09 Å². The van der Waals surface area contributed by atoms with Gasteiger partial charge in [0.1, 0.15) is 0 Å². The van der Waals surface area contributed by atoms with Crippen molar-refractivity contribution in [3.05, 3.63) is 35.1 Å². The maximum atomic E-state index is 11.1. The standard InChI is InChI=1S/C10H12N6O2S/c1-11-12-9(17)18-7-15-10(19)16(14-13-15)8-5-3-2-4-6-8/h2-6,11H,7H2,1H3,(H,12,17). The number of hydrazine groups is 1. The SMILES string of the molecule is CNNC(=O)OCn1nnn(-c2ccccc2)c1=S. The molecule has 9 heteroatoms. The Hall–Kier alpha value is -2.26. The number of nitrogens with one attached hydrogen (secondary N) is 2. The fourth-order valence-corrected chi connectivity index (χ4v) is 1.58. The van der Waals surface area contributed by atoms with E-state index in [1.54, 1.807) is 7.05 Å². The molecule has 2 rings (SSSR count). The van der Waals surface area contributed by atoms with Crippen molar-refractivity contribution >= 4 is 18.3 Å². The summed E-state index contributed by atoms with van der Waals surface area (Å²) < 4.78 is 7.99. The first kappa shape index (κ1) is 13.2. The first-order chi connectivity index (χ1) is 9.22. The Morgan fingerprint density at radius 2 is 2.11 bits per heavy atom. The van der Waals surface area contributed by atoms with E-state index in [4.69, 9.17) is 17.0 Å². The summed E-state index contributed by atoms with van der Waals surface area (Å²) in [6.07, 6.45) is -0.626. The van der Waals surface area contributed by atoms with Gasteiger partial charge in [-0.05, 0) is 34.8 Å². The van der Waals surface area contributed by atoms with E-state index in [9.17, 15) is 4.79 Å². The Bertz CT molecular complexity index is 608. The molecule has 0 atom stereocenters. The highest BCUT2D eigenvalue weighted by atomic mass is 32.1. The Labute approximate surface area is 113 Å². The molecule has 0 aliphatic heterocycles. The summed E-state index contributed by atoms with van der Waals surface area (Å²) in [5, 5.41) is 7.73. The highest BCUT2D eigenvalue weighted by Crippen LogP contribution is 2.05. The largest absolute Gasteiger partial charge is 0.425 e. The average Bonchev–Trinajstić information content (AvgIpc) is 2.79. The first-order valence-electron chi connectivity index (χ1n) is 5.40. The summed E-state index contributed by atoms with van der Waals surface area (Å²) in [7, 11) is 1.55. The van der Waals surface area contributed by atoms with Crippen LogP contribution in [0.2, 0.25) is 0 Å². The van der Waals surface area contributed by atoms with E-state index in [0.29, 0.717) is 4.77 Å². The van der Waals surface area contributed by atoms with Gasteiger partial charge in [-0.15, -0.1) is 0 Å². The quantitative estimate of drug-likeness (QED) is 0.630. The molecule has 1 aromatic carbocycles. The van der Waals surface area contributed by atoms with E-state index in [-0.39, 0.29) is 6.73 Å². The maximum Gasteiger partial charge on any atom is 0.423 e. The van der Waals surface area contributed by atoms with Crippen LogP contribution in [0, 0.1) is 4.77 Å². The second-order valence-electron chi connectivity index (χ2n) is 3.44. The molecule has 0 unspecified atom stereocenters. The minimum absolute atomic E-state index is 0.112. The molecule has 1 aromatic heterocycles. The number of tetrazole rings is 1. The van der Waals surface area contributed by atoms with Crippen LogP contribution in [-0.4, -0.2) is 32.9 Å². The van der Waals surface area contributed by atoms with Gasteiger partial charge in [0.2, 0.25) is 4.77 Å². The Kier molecular flexibility index (Phi) is 4.21. The molecular weight excluding hydrogens is 268 g/mol. The lowest BCUT2D eigenvalue weighted by atomic mass is 10.3. The molecule has 0 fully saturated rings. The molecule has 0 saturated heterocycles. The van der Waals surface area contributed by atoms with Crippen molar-refractivity contribution < 1.29 is 9.53 Å². The number of hydrogen-bond donors (Lipinski definition) is 2. The van der Waals surface area contributed by atoms with Crippen molar-refractivity contribution in [2.45, 2.75) is 6.73 Å². The van der Waals surface area contributed by atoms with E-state index in [2.05, 4.69) is 21.3 Å². The van der Waals surface area contributed by atoms with E-state index >= 15 is 0 Å². The van der Waals surface area contributed by atoms with E-state index in [0.717, 1.165) is 5.69 Å². The van der Waals surface area contributed by atoms with Crippen molar-refractivity contribution in [3.63, 3.8) is 0 Å². The molecule has 1 amide bonds. The molecule has 8 nitrogen and oxygen atoms in total. The number of benzene rings is 1. The van der Waals surface area contributed by atoms with Gasteiger partial charge in [-0.25, -0.2) is 10.2 Å². The van der Waals surface area contributed by atoms with Crippen molar-refractivity contribution in [2.24, 2.45) is 0 Å². The summed E-state index contributed by atoms with van der Waals surface area (Å²) in [4.78, 5) is 11.1. The molecular formula is C10H12N6O2S. The van der Waals surface area contributed by atoms with Gasteiger partial charge in [0.25, 0.3) is 0 Å². The van der Waals surface area contributed by atoms with E-state index in [1.165, 1.54) is 9.36 Å². The highest BCUT2D eigenvalue weighted by Gasteiger charge is 2.07. The average molecular weight is 280 g/mol. The van der Waals surface area contributed by atoms with Crippen LogP contribution < -0.4 is 10.9 Å². The van der Waals surface area contributed by atoms with Crippen LogP contribution in [0.3, 0.4) is 0 Å². The third-order valence-electron chi connectivity index (χ3n) is 2.19. The molecule has 2 N–H and O–H groups in total. The molecule has 1 heterocycles. The summed E-state index contributed by atoms with van der Waals surface area (Å²) in [5.74, 6) is 0. The number of rotatable bonds is 4. The Balaban J connectivity index is 2.11. The van der Waals surface area contributed by atoms with Crippen LogP contribution in [0.5, 0.6) is 0 Å². The summed E-state index contributed by atoms with van der Waals surface area (Å²) in [5.41, 5.74) is 5.50. The minimum atomic E-state index is -0.626. The fourth-order valence-electron chi connectivity index (χ4n) is 1.34. The predicted molar refractivity (Wildman–Crippen MR) is 68.9 cm³/mol. The number of aromatic nitrogens is 4. The Morgan fingerprint density at radius 3 is 2.79 bits per heavy atom. The molecule has 0 aliphatic carbocycles. The zero-order valence-electron chi connectivity index (χ0n) is 10.1. The van der Waals surface area contributed by atoms with Gasteiger partial charge in [0.05, 0.1) is 5.69 Å². The fraction of sp³-hybridized carbons (Fsp3) is 0.200. The summed E-state index contributed by atoms with van der Waals surface area (Å²) in [6, 6.07) is 9.33. The highest BCUT2D eigenvalue weighted by molar-refractivity contribution is 7.71. The zero-order chi connectivity index (χ0) is 13.7. The number of hydrogen-bond acceptors (Lipinski definition) is 6. The molecule has 0 saturated carbocycles. The lowest BCUT2D eigenvalue weighted by Gasteiger charge is -2.04. The zero-order valence-corrected chi connectivity index (χ0v) is 10.9. The predicted octanol–water partition coefficient (Wildman–Crippen LogP) is 0.616. The van der Waals surface area contributed by atoms with Crippen LogP contribution in [0.15, 0.2) is 30.3 Å². The lowest BCUT2D eigenvalue weighted by molar-refractivity contribution is 0.103. The van der Waals surface area contributed by atoms with Gasteiger partial charge in [-0.3, -0.25) is 5.43 Å². The first-order valence-corrected chi connectivity index (χ1v) is 5.81. The van der Waals surface area contributed by atoms with E-state index in [1.807, 2.05) is 30.3 Å². The smallest absolute Gasteiger partial charge is 0.423 e. The summed E-state index contributed by atoms with van der Waals surface area (Å²) >= 11 is 5.20. The van der Waals surface area contributed by atoms with E-state index < -0.39 is 6.09 Å². The van der Waals surface area contributed by atoms with Gasteiger partial charge in [-0.2, -0.15) is 9.36 Å². The third kappa shape index (κ3) is 3.14. The number of carbonyl (C=O) groups is 1. The van der Waals surface area contributed by atoms with Gasteiger partial charge < -0.3 is 4.74 Å². The minimum Gasteiger partial charge on any atom is -0.425 e. The molecule has 2 aromatic rings. The lowest BCUT2D eigenvalue weighted by Crippen LogP contribution is -2.35. The number of amides is 1. The third-order valence-corrected chi connectivity index (χ3v) is 2.57. The van der Waals surface area contributed by atoms with Crippen LogP contribution in [-0.2, 0) is 11.5 Å². The van der Waals surface area contributed by atoms with Gasteiger partial charge in [-0.1, -0.05) is 18.2 Å². The van der Waals surface area contributed by atoms with Crippen molar-refractivity contribution in [2.75, 3.05) is 7.05 Å². The number of carbonyl (C=O) groups excluding carboxylic acids is 1. The summed E-state index contributed by atoms with van der Waals surface area (Å²) in [6.45, 7) is -0.112. The second-order valence-corrected chi connectivity index (χ2v) is 3.81.